The third kappa shape index (κ3) is 2.94. The lowest BCUT2D eigenvalue weighted by molar-refractivity contribution is -0.0363. The number of piperidine rings is 1. The summed E-state index contributed by atoms with van der Waals surface area (Å²) in [5, 5.41) is 3.99. The van der Waals surface area contributed by atoms with Gasteiger partial charge >= 0.3 is 6.03 Å². The van der Waals surface area contributed by atoms with E-state index in [4.69, 9.17) is 16.3 Å². The van der Waals surface area contributed by atoms with Gasteiger partial charge in [0.05, 0.1) is 11.1 Å². The normalized spacial score (nSPS) is 24.7. The van der Waals surface area contributed by atoms with Crippen molar-refractivity contribution in [2.24, 2.45) is 0 Å². The van der Waals surface area contributed by atoms with Gasteiger partial charge in [-0.3, -0.25) is 0 Å². The zero-order valence-corrected chi connectivity index (χ0v) is 14.1. The van der Waals surface area contributed by atoms with E-state index in [0.717, 1.165) is 68.8 Å². The summed E-state index contributed by atoms with van der Waals surface area (Å²) in [6, 6.07) is 7.89. The molecule has 2 heterocycles. The SMILES string of the molecule is O=C(NC1(c2ccc(Cl)cc2)CC1)N1CCC2(CCCO2)CC1. The van der Waals surface area contributed by atoms with E-state index in [1.165, 1.54) is 0 Å². The monoisotopic (exact) mass is 334 g/mol. The van der Waals surface area contributed by atoms with Crippen LogP contribution in [0.4, 0.5) is 4.79 Å². The lowest BCUT2D eigenvalue weighted by Crippen LogP contribution is -2.51. The molecule has 1 aromatic carbocycles. The standard InChI is InChI=1S/C18H23ClN2O2/c19-15-4-2-14(3-5-15)18(7-8-18)20-16(22)21-11-9-17(10-12-21)6-1-13-23-17/h2-5H,1,6-13H2,(H,20,22). The van der Waals surface area contributed by atoms with Crippen LogP contribution >= 0.6 is 11.6 Å². The molecule has 1 N–H and O–H groups in total. The summed E-state index contributed by atoms with van der Waals surface area (Å²) in [7, 11) is 0. The fourth-order valence-electron chi connectivity index (χ4n) is 3.93. The minimum absolute atomic E-state index is 0.0597. The van der Waals surface area contributed by atoms with E-state index in [0.29, 0.717) is 0 Å². The number of ether oxygens (including phenoxy) is 1. The third-order valence-corrected chi connectivity index (χ3v) is 5.89. The molecule has 5 heteroatoms. The van der Waals surface area contributed by atoms with E-state index in [9.17, 15) is 4.79 Å². The summed E-state index contributed by atoms with van der Waals surface area (Å²) in [6.45, 7) is 2.47. The average Bonchev–Trinajstić information content (AvgIpc) is 3.20. The molecule has 1 aliphatic carbocycles. The van der Waals surface area contributed by atoms with Crippen molar-refractivity contribution >= 4 is 17.6 Å². The molecular formula is C18H23ClN2O2. The highest BCUT2D eigenvalue weighted by molar-refractivity contribution is 6.30. The van der Waals surface area contributed by atoms with Crippen molar-refractivity contribution in [3.05, 3.63) is 34.9 Å². The molecule has 4 nitrogen and oxygen atoms in total. The van der Waals surface area contributed by atoms with Gasteiger partial charge in [-0.05, 0) is 56.2 Å². The Labute approximate surface area is 142 Å². The van der Waals surface area contributed by atoms with E-state index >= 15 is 0 Å². The number of hydrogen-bond acceptors (Lipinski definition) is 2. The van der Waals surface area contributed by atoms with Crippen LogP contribution in [0, 0.1) is 0 Å². The second kappa shape index (κ2) is 5.67. The molecule has 124 valence electrons. The fourth-order valence-corrected chi connectivity index (χ4v) is 4.06. The Morgan fingerprint density at radius 2 is 1.78 bits per heavy atom. The maximum Gasteiger partial charge on any atom is 0.318 e. The Morgan fingerprint density at radius 3 is 2.35 bits per heavy atom. The van der Waals surface area contributed by atoms with Crippen LogP contribution in [0.2, 0.25) is 5.02 Å². The Morgan fingerprint density at radius 1 is 1.09 bits per heavy atom. The van der Waals surface area contributed by atoms with E-state index in [2.05, 4.69) is 5.32 Å². The second-order valence-electron chi connectivity index (χ2n) is 7.14. The van der Waals surface area contributed by atoms with Crippen molar-refractivity contribution in [1.82, 2.24) is 10.2 Å². The number of nitrogens with zero attached hydrogens (tertiary/aromatic N) is 1. The molecule has 3 fully saturated rings. The number of rotatable bonds is 2. The largest absolute Gasteiger partial charge is 0.375 e. The molecule has 0 unspecified atom stereocenters. The number of halogens is 1. The summed E-state index contributed by atoms with van der Waals surface area (Å²) >= 11 is 5.96. The topological polar surface area (TPSA) is 41.6 Å². The molecule has 3 aliphatic rings. The zero-order chi connectivity index (χ0) is 15.9. The van der Waals surface area contributed by atoms with Crippen molar-refractivity contribution in [2.45, 2.75) is 49.7 Å². The van der Waals surface area contributed by atoms with Crippen molar-refractivity contribution in [3.63, 3.8) is 0 Å². The summed E-state index contributed by atoms with van der Waals surface area (Å²) in [6.07, 6.45) is 6.24. The average molecular weight is 335 g/mol. The lowest BCUT2D eigenvalue weighted by Gasteiger charge is -2.39. The van der Waals surface area contributed by atoms with Crippen LogP contribution in [0.5, 0.6) is 0 Å². The number of benzene rings is 1. The van der Waals surface area contributed by atoms with E-state index in [1.807, 2.05) is 29.2 Å². The number of carbonyl (C=O) groups excluding carboxylic acids is 1. The number of nitrogens with one attached hydrogen (secondary N) is 1. The van der Waals surface area contributed by atoms with Crippen LogP contribution in [-0.2, 0) is 10.3 Å². The summed E-state index contributed by atoms with van der Waals surface area (Å²) in [4.78, 5) is 14.6. The highest BCUT2D eigenvalue weighted by Crippen LogP contribution is 2.46. The van der Waals surface area contributed by atoms with E-state index < -0.39 is 0 Å². The fraction of sp³-hybridized carbons (Fsp3) is 0.611. The van der Waals surface area contributed by atoms with Gasteiger partial charge in [-0.1, -0.05) is 23.7 Å². The van der Waals surface area contributed by atoms with Gasteiger partial charge < -0.3 is 15.0 Å². The van der Waals surface area contributed by atoms with Crippen LogP contribution in [-0.4, -0.2) is 36.2 Å². The predicted octanol–water partition coefficient (Wildman–Crippen LogP) is 3.68. The molecule has 1 saturated carbocycles. The van der Waals surface area contributed by atoms with Gasteiger partial charge in [0.25, 0.3) is 0 Å². The van der Waals surface area contributed by atoms with Crippen LogP contribution in [0.3, 0.4) is 0 Å². The minimum atomic E-state index is -0.180. The summed E-state index contributed by atoms with van der Waals surface area (Å²) in [5.41, 5.74) is 1.04. The van der Waals surface area contributed by atoms with Crippen molar-refractivity contribution < 1.29 is 9.53 Å². The maximum atomic E-state index is 12.6. The molecule has 0 aromatic heterocycles. The van der Waals surface area contributed by atoms with E-state index in [-0.39, 0.29) is 17.2 Å². The number of urea groups is 1. The molecule has 1 aromatic rings. The first-order valence-electron chi connectivity index (χ1n) is 8.58. The first-order chi connectivity index (χ1) is 11.1. The molecule has 0 atom stereocenters. The van der Waals surface area contributed by atoms with Gasteiger partial charge in [-0.15, -0.1) is 0 Å². The molecule has 4 rings (SSSR count). The van der Waals surface area contributed by atoms with Gasteiger partial charge in [-0.2, -0.15) is 0 Å². The summed E-state index contributed by atoms with van der Waals surface area (Å²) in [5.74, 6) is 0. The van der Waals surface area contributed by atoms with Gasteiger partial charge in [-0.25, -0.2) is 4.79 Å². The van der Waals surface area contributed by atoms with Crippen LogP contribution in [0.25, 0.3) is 0 Å². The number of hydrogen-bond donors (Lipinski definition) is 1. The zero-order valence-electron chi connectivity index (χ0n) is 13.3. The third-order valence-electron chi connectivity index (χ3n) is 5.64. The second-order valence-corrected chi connectivity index (χ2v) is 7.58. The Hall–Kier alpha value is -1.26. The number of carbonyl (C=O) groups is 1. The smallest absolute Gasteiger partial charge is 0.318 e. The molecule has 1 spiro atoms. The van der Waals surface area contributed by atoms with Crippen molar-refractivity contribution in [2.75, 3.05) is 19.7 Å². The molecular weight excluding hydrogens is 312 g/mol. The highest BCUT2D eigenvalue weighted by Gasteiger charge is 2.47. The lowest BCUT2D eigenvalue weighted by atomic mass is 9.89. The molecule has 23 heavy (non-hydrogen) atoms. The van der Waals surface area contributed by atoms with Gasteiger partial charge in [0, 0.05) is 24.7 Å². The molecule has 0 bridgehead atoms. The molecule has 2 aliphatic heterocycles. The molecule has 2 saturated heterocycles. The number of likely N-dealkylation sites (tertiary alicyclic amines) is 1. The van der Waals surface area contributed by atoms with Gasteiger partial charge in [0.2, 0.25) is 0 Å². The number of amides is 2. The van der Waals surface area contributed by atoms with Crippen molar-refractivity contribution in [3.8, 4) is 0 Å². The Bertz CT molecular complexity index is 582. The molecule has 2 amide bonds. The van der Waals surface area contributed by atoms with E-state index in [1.54, 1.807) is 0 Å². The predicted molar refractivity (Wildman–Crippen MR) is 89.6 cm³/mol. The quantitative estimate of drug-likeness (QED) is 0.896. The maximum absolute atomic E-state index is 12.6. The Balaban J connectivity index is 1.38. The molecule has 0 radical (unpaired) electrons. The van der Waals surface area contributed by atoms with Crippen molar-refractivity contribution in [1.29, 1.82) is 0 Å². The Kier molecular flexibility index (Phi) is 3.77. The van der Waals surface area contributed by atoms with Crippen LogP contribution in [0.1, 0.15) is 44.1 Å². The first kappa shape index (κ1) is 15.3. The van der Waals surface area contributed by atoms with Crippen LogP contribution in [0.15, 0.2) is 24.3 Å². The summed E-state index contributed by atoms with van der Waals surface area (Å²) < 4.78 is 5.93. The first-order valence-corrected chi connectivity index (χ1v) is 8.96. The van der Waals surface area contributed by atoms with Gasteiger partial charge in [0.1, 0.15) is 0 Å². The minimum Gasteiger partial charge on any atom is -0.375 e. The van der Waals surface area contributed by atoms with Crippen LogP contribution < -0.4 is 5.32 Å². The highest BCUT2D eigenvalue weighted by atomic mass is 35.5. The van der Waals surface area contributed by atoms with Gasteiger partial charge in [0.15, 0.2) is 0 Å².